The van der Waals surface area contributed by atoms with Crippen LogP contribution in [0.25, 0.3) is 10.8 Å². The number of nitrogens with one attached hydrogen (secondary N) is 1. The van der Waals surface area contributed by atoms with Gasteiger partial charge in [-0.2, -0.15) is 0 Å². The van der Waals surface area contributed by atoms with E-state index in [0.717, 1.165) is 23.3 Å². The first-order valence-electron chi connectivity index (χ1n) is 12.4. The van der Waals surface area contributed by atoms with E-state index in [4.69, 9.17) is 0 Å². The summed E-state index contributed by atoms with van der Waals surface area (Å²) >= 11 is 1.79. The fourth-order valence-electron chi connectivity index (χ4n) is 4.57. The highest BCUT2D eigenvalue weighted by Crippen LogP contribution is 2.41. The molecular weight excluding hydrogens is 432 g/mol. The van der Waals surface area contributed by atoms with Crippen LogP contribution in [0.1, 0.15) is 33.7 Å². The lowest BCUT2D eigenvalue weighted by Crippen LogP contribution is -2.39. The van der Waals surface area contributed by atoms with Gasteiger partial charge in [0, 0.05) is 14.2 Å². The van der Waals surface area contributed by atoms with Crippen molar-refractivity contribution in [3.63, 3.8) is 0 Å². The third-order valence-corrected chi connectivity index (χ3v) is 7.66. The molecule has 0 bridgehead atoms. The Labute approximate surface area is 210 Å². The van der Waals surface area contributed by atoms with Crippen molar-refractivity contribution in [2.24, 2.45) is 22.7 Å². The molecule has 0 aromatic heterocycles. The minimum Gasteiger partial charge on any atom is -0.358 e. The molecule has 0 heterocycles. The van der Waals surface area contributed by atoms with E-state index >= 15 is 0 Å². The van der Waals surface area contributed by atoms with Gasteiger partial charge in [0.25, 0.3) is 0 Å². The molecule has 2 aliphatic carbocycles. The number of benzene rings is 2. The molecule has 4 atom stereocenters. The highest BCUT2D eigenvalue weighted by Gasteiger charge is 2.32. The zero-order valence-corrected chi connectivity index (χ0v) is 21.3. The highest BCUT2D eigenvalue weighted by molar-refractivity contribution is 8.13. The maximum atomic E-state index is 4.64. The maximum Gasteiger partial charge on any atom is 0.157 e. The molecule has 0 aliphatic heterocycles. The normalized spacial score (nSPS) is 22.2. The van der Waals surface area contributed by atoms with E-state index < -0.39 is 0 Å². The van der Waals surface area contributed by atoms with Crippen LogP contribution < -0.4 is 5.32 Å². The molecule has 2 nitrogen and oxygen atoms in total. The Morgan fingerprint density at radius 2 is 1.97 bits per heavy atom. The van der Waals surface area contributed by atoms with Crippen molar-refractivity contribution in [2.75, 3.05) is 7.05 Å². The third kappa shape index (κ3) is 6.42. The second-order valence-electron chi connectivity index (χ2n) is 9.14. The third-order valence-electron chi connectivity index (χ3n) is 6.63. The van der Waals surface area contributed by atoms with Gasteiger partial charge in [-0.25, -0.2) is 0 Å². The Balaban J connectivity index is 0.00000342. The number of hydrogen-bond acceptors (Lipinski definition) is 2. The van der Waals surface area contributed by atoms with Gasteiger partial charge in [0.2, 0.25) is 0 Å². The predicted molar refractivity (Wildman–Crippen MR) is 153 cm³/mol. The molecule has 4 rings (SSSR count). The SMILES string of the molecule is C/C=C\C1CC1/C=C/[C@H](C)[C@H](NC(=NC)SCc1cccc2ccccc12)C1=CCC=CC=C1.[HH]. The van der Waals surface area contributed by atoms with Crippen LogP contribution in [-0.2, 0) is 5.75 Å². The average molecular weight is 471 g/mol. The number of allylic oxidation sites excluding steroid dienone is 7. The number of aliphatic imine (C=N–C) groups is 1. The molecule has 2 aromatic rings. The molecule has 178 valence electrons. The number of hydrogen-bond donors (Lipinski definition) is 1. The molecule has 0 saturated heterocycles. The summed E-state index contributed by atoms with van der Waals surface area (Å²) in [6.07, 6.45) is 22.7. The second-order valence-corrected chi connectivity index (χ2v) is 10.1. The first kappa shape index (κ1) is 24.3. The molecule has 2 aliphatic rings. The van der Waals surface area contributed by atoms with Crippen LogP contribution in [0.5, 0.6) is 0 Å². The molecule has 0 radical (unpaired) electrons. The van der Waals surface area contributed by atoms with Gasteiger partial charge in [0.1, 0.15) is 0 Å². The fourth-order valence-corrected chi connectivity index (χ4v) is 5.45. The molecule has 2 unspecified atom stereocenters. The van der Waals surface area contributed by atoms with Crippen LogP contribution in [0, 0.1) is 17.8 Å². The van der Waals surface area contributed by atoms with Crippen molar-refractivity contribution < 1.29 is 1.43 Å². The summed E-state index contributed by atoms with van der Waals surface area (Å²) in [7, 11) is 1.89. The van der Waals surface area contributed by atoms with Crippen molar-refractivity contribution in [1.82, 2.24) is 5.32 Å². The van der Waals surface area contributed by atoms with E-state index in [-0.39, 0.29) is 7.47 Å². The summed E-state index contributed by atoms with van der Waals surface area (Å²) in [6.45, 7) is 4.43. The van der Waals surface area contributed by atoms with Gasteiger partial charge in [-0.15, -0.1) is 0 Å². The smallest absolute Gasteiger partial charge is 0.157 e. The van der Waals surface area contributed by atoms with Gasteiger partial charge in [-0.1, -0.05) is 116 Å². The lowest BCUT2D eigenvalue weighted by atomic mass is 9.92. The summed E-state index contributed by atoms with van der Waals surface area (Å²) < 4.78 is 0. The van der Waals surface area contributed by atoms with E-state index in [1.165, 1.54) is 28.3 Å². The monoisotopic (exact) mass is 470 g/mol. The van der Waals surface area contributed by atoms with Crippen LogP contribution in [0.4, 0.5) is 0 Å². The minimum absolute atomic E-state index is 0. The average Bonchev–Trinajstić information content (AvgIpc) is 3.66. The van der Waals surface area contributed by atoms with Crippen molar-refractivity contribution in [2.45, 2.75) is 38.5 Å². The summed E-state index contributed by atoms with van der Waals surface area (Å²) in [5.74, 6) is 2.67. The molecule has 34 heavy (non-hydrogen) atoms. The van der Waals surface area contributed by atoms with Gasteiger partial charge in [-0.3, -0.25) is 4.99 Å². The molecule has 0 spiro atoms. The molecule has 1 fully saturated rings. The van der Waals surface area contributed by atoms with E-state index in [1.807, 2.05) is 7.05 Å². The summed E-state index contributed by atoms with van der Waals surface area (Å²) in [5.41, 5.74) is 2.67. The van der Waals surface area contributed by atoms with Gasteiger partial charge in [0.05, 0.1) is 6.04 Å². The van der Waals surface area contributed by atoms with Crippen LogP contribution in [0.3, 0.4) is 0 Å². The van der Waals surface area contributed by atoms with Gasteiger partial charge >= 0.3 is 0 Å². The largest absolute Gasteiger partial charge is 0.358 e. The van der Waals surface area contributed by atoms with E-state index in [1.54, 1.807) is 11.8 Å². The summed E-state index contributed by atoms with van der Waals surface area (Å²) in [6, 6.07) is 15.4. The van der Waals surface area contributed by atoms with Crippen molar-refractivity contribution in [3.05, 3.63) is 108 Å². The van der Waals surface area contributed by atoms with E-state index in [9.17, 15) is 0 Å². The Bertz CT molecular complexity index is 1150. The molecule has 1 saturated carbocycles. The topological polar surface area (TPSA) is 24.4 Å². The van der Waals surface area contributed by atoms with Crippen molar-refractivity contribution >= 4 is 27.7 Å². The molecule has 3 heteroatoms. The molecule has 1 N–H and O–H groups in total. The lowest BCUT2D eigenvalue weighted by Gasteiger charge is -2.26. The molecular formula is C31H38N2S. The Morgan fingerprint density at radius 1 is 1.15 bits per heavy atom. The second kappa shape index (κ2) is 12.1. The molecule has 0 amide bonds. The van der Waals surface area contributed by atoms with Gasteiger partial charge in [0.15, 0.2) is 5.17 Å². The van der Waals surface area contributed by atoms with Crippen molar-refractivity contribution in [3.8, 4) is 0 Å². The molecule has 2 aromatic carbocycles. The standard InChI is InChI=1S/C31H36N2S.H2/c1-4-12-26-21-27(26)20-19-23(2)30(25-14-7-5-6-8-15-25)33-31(32-3)34-22-28-17-11-16-24-13-9-10-18-29(24)28;/h4-7,9-20,23,26-27,30H,8,21-22H2,1-3H3,(H,32,33);1H/b12-4-,20-19+;/t23-,26?,27?,30-;/m0./s1. The number of amidine groups is 1. The van der Waals surface area contributed by atoms with Crippen LogP contribution in [0.2, 0.25) is 0 Å². The number of nitrogens with zero attached hydrogens (tertiary/aromatic N) is 1. The van der Waals surface area contributed by atoms with Crippen LogP contribution >= 0.6 is 11.8 Å². The Kier molecular flexibility index (Phi) is 8.65. The Morgan fingerprint density at radius 3 is 2.82 bits per heavy atom. The van der Waals surface area contributed by atoms with Gasteiger partial charge < -0.3 is 5.32 Å². The highest BCUT2D eigenvalue weighted by atomic mass is 32.2. The zero-order valence-electron chi connectivity index (χ0n) is 20.5. The van der Waals surface area contributed by atoms with Gasteiger partial charge in [-0.05, 0) is 59.4 Å². The fraction of sp³-hybridized carbons (Fsp3) is 0.323. The quantitative estimate of drug-likeness (QED) is 0.239. The lowest BCUT2D eigenvalue weighted by molar-refractivity contribution is 0.562. The van der Waals surface area contributed by atoms with Crippen LogP contribution in [-0.4, -0.2) is 18.3 Å². The minimum atomic E-state index is 0. The Hall–Kier alpha value is -2.78. The summed E-state index contributed by atoms with van der Waals surface area (Å²) in [4.78, 5) is 4.64. The van der Waals surface area contributed by atoms with Crippen molar-refractivity contribution in [1.29, 1.82) is 0 Å². The first-order valence-corrected chi connectivity index (χ1v) is 13.3. The van der Waals surface area contributed by atoms with Crippen LogP contribution in [0.15, 0.2) is 108 Å². The van der Waals surface area contributed by atoms with E-state index in [2.05, 4.69) is 121 Å². The summed E-state index contributed by atoms with van der Waals surface area (Å²) in [5, 5.41) is 7.40. The number of thioether (sulfide) groups is 1. The maximum absolute atomic E-state index is 4.64. The predicted octanol–water partition coefficient (Wildman–Crippen LogP) is 8.11. The first-order chi connectivity index (χ1) is 16.7. The number of fused-ring (bicyclic) bond motifs is 1. The number of rotatable bonds is 8. The van der Waals surface area contributed by atoms with E-state index in [0.29, 0.717) is 11.8 Å². The zero-order chi connectivity index (χ0) is 23.8.